The van der Waals surface area contributed by atoms with E-state index in [-0.39, 0.29) is 0 Å². The fraction of sp³-hybridized carbons (Fsp3) is 0.333. The lowest BCUT2D eigenvalue weighted by molar-refractivity contribution is 0.223. The Kier molecular flexibility index (Phi) is 2.35. The van der Waals surface area contributed by atoms with E-state index in [0.29, 0.717) is 0 Å². The molecule has 0 aliphatic carbocycles. The Hall–Kier alpha value is -1.20. The third kappa shape index (κ3) is 1.56. The van der Waals surface area contributed by atoms with E-state index >= 15 is 0 Å². The Morgan fingerprint density at radius 1 is 1.57 bits per heavy atom. The molecule has 4 nitrogen and oxygen atoms in total. The molecule has 5 heteroatoms. The number of aryl methyl sites for hydroxylation is 2. The van der Waals surface area contributed by atoms with Crippen molar-refractivity contribution >= 4 is 11.3 Å². The van der Waals surface area contributed by atoms with Crippen molar-refractivity contribution in [2.75, 3.05) is 0 Å². The van der Waals surface area contributed by atoms with E-state index in [0.717, 1.165) is 16.1 Å². The second-order valence-electron chi connectivity index (χ2n) is 3.15. The van der Waals surface area contributed by atoms with Gasteiger partial charge in [0.2, 0.25) is 0 Å². The zero-order valence-corrected chi connectivity index (χ0v) is 8.82. The summed E-state index contributed by atoms with van der Waals surface area (Å²) in [5.41, 5.74) is 3.41. The molecule has 2 aromatic heterocycles. The van der Waals surface area contributed by atoms with Crippen LogP contribution in [-0.2, 0) is 7.05 Å². The standard InChI is InChI=1S/C9H11N3OS/c1-6-7(4-12(2)11-6)9(13)8-3-10-5-14-8/h3-5,9,13H,1-2H3. The maximum absolute atomic E-state index is 9.99. The van der Waals surface area contributed by atoms with Crippen molar-refractivity contribution < 1.29 is 5.11 Å². The van der Waals surface area contributed by atoms with Crippen LogP contribution in [0.4, 0.5) is 0 Å². The molecule has 0 aromatic carbocycles. The largest absolute Gasteiger partial charge is 0.383 e. The van der Waals surface area contributed by atoms with Gasteiger partial charge >= 0.3 is 0 Å². The van der Waals surface area contributed by atoms with Gasteiger partial charge in [-0.3, -0.25) is 9.67 Å². The van der Waals surface area contributed by atoms with Gasteiger partial charge in [-0.15, -0.1) is 11.3 Å². The first kappa shape index (κ1) is 9.36. The van der Waals surface area contributed by atoms with Gasteiger partial charge in [0.15, 0.2) is 0 Å². The van der Waals surface area contributed by atoms with Crippen LogP contribution in [0.1, 0.15) is 22.2 Å². The first-order valence-corrected chi connectivity index (χ1v) is 5.13. The molecule has 1 unspecified atom stereocenters. The van der Waals surface area contributed by atoms with Crippen LogP contribution in [0.3, 0.4) is 0 Å². The summed E-state index contributed by atoms with van der Waals surface area (Å²) in [6, 6.07) is 0. The molecule has 0 saturated carbocycles. The summed E-state index contributed by atoms with van der Waals surface area (Å²) in [6.45, 7) is 1.89. The maximum atomic E-state index is 9.99. The molecule has 1 atom stereocenters. The van der Waals surface area contributed by atoms with Crippen molar-refractivity contribution in [3.8, 4) is 0 Å². The van der Waals surface area contributed by atoms with Gasteiger partial charge in [-0.1, -0.05) is 0 Å². The van der Waals surface area contributed by atoms with Crippen molar-refractivity contribution in [3.63, 3.8) is 0 Å². The summed E-state index contributed by atoms with van der Waals surface area (Å²) in [7, 11) is 1.84. The SMILES string of the molecule is Cc1nn(C)cc1C(O)c1cncs1. The summed E-state index contributed by atoms with van der Waals surface area (Å²) in [5, 5.41) is 14.2. The fourth-order valence-electron chi connectivity index (χ4n) is 1.40. The number of aromatic nitrogens is 3. The first-order chi connectivity index (χ1) is 6.68. The van der Waals surface area contributed by atoms with Crippen LogP contribution in [0, 0.1) is 6.92 Å². The predicted octanol–water partition coefficient (Wildman–Crippen LogP) is 1.27. The van der Waals surface area contributed by atoms with Crippen molar-refractivity contribution in [3.05, 3.63) is 34.0 Å². The number of rotatable bonds is 2. The van der Waals surface area contributed by atoms with Gasteiger partial charge in [0.1, 0.15) is 6.10 Å². The van der Waals surface area contributed by atoms with E-state index in [1.807, 2.05) is 20.2 Å². The van der Waals surface area contributed by atoms with E-state index in [1.54, 1.807) is 16.4 Å². The quantitative estimate of drug-likeness (QED) is 0.810. The van der Waals surface area contributed by atoms with Gasteiger partial charge in [0, 0.05) is 25.0 Å². The molecule has 0 aliphatic rings. The topological polar surface area (TPSA) is 50.9 Å². The van der Waals surface area contributed by atoms with Gasteiger partial charge in [-0.2, -0.15) is 5.10 Å². The van der Waals surface area contributed by atoms with Crippen LogP contribution >= 0.6 is 11.3 Å². The van der Waals surface area contributed by atoms with Crippen molar-refractivity contribution in [1.82, 2.24) is 14.8 Å². The molecular formula is C9H11N3OS. The first-order valence-electron chi connectivity index (χ1n) is 4.25. The van der Waals surface area contributed by atoms with Crippen LogP contribution in [0.25, 0.3) is 0 Å². The number of aliphatic hydroxyl groups is 1. The van der Waals surface area contributed by atoms with E-state index in [1.165, 1.54) is 11.3 Å². The van der Waals surface area contributed by atoms with Crippen molar-refractivity contribution in [1.29, 1.82) is 0 Å². The number of hydrogen-bond donors (Lipinski definition) is 1. The Morgan fingerprint density at radius 3 is 2.86 bits per heavy atom. The Morgan fingerprint density at radius 2 is 2.36 bits per heavy atom. The molecule has 2 aromatic rings. The van der Waals surface area contributed by atoms with E-state index in [2.05, 4.69) is 10.1 Å². The third-order valence-electron chi connectivity index (χ3n) is 2.07. The number of aliphatic hydroxyl groups excluding tert-OH is 1. The monoisotopic (exact) mass is 209 g/mol. The molecule has 0 radical (unpaired) electrons. The highest BCUT2D eigenvalue weighted by Gasteiger charge is 2.16. The van der Waals surface area contributed by atoms with Crippen LogP contribution in [0.5, 0.6) is 0 Å². The summed E-state index contributed by atoms with van der Waals surface area (Å²) in [5.74, 6) is 0. The molecule has 74 valence electrons. The summed E-state index contributed by atoms with van der Waals surface area (Å²) >= 11 is 1.45. The summed E-state index contributed by atoms with van der Waals surface area (Å²) < 4.78 is 1.70. The predicted molar refractivity (Wildman–Crippen MR) is 54.1 cm³/mol. The zero-order valence-electron chi connectivity index (χ0n) is 8.01. The van der Waals surface area contributed by atoms with E-state index < -0.39 is 6.10 Å². The minimum Gasteiger partial charge on any atom is -0.383 e. The second kappa shape index (κ2) is 3.51. The zero-order chi connectivity index (χ0) is 10.1. The molecule has 0 aliphatic heterocycles. The van der Waals surface area contributed by atoms with E-state index in [9.17, 15) is 5.11 Å². The van der Waals surface area contributed by atoms with Gasteiger partial charge < -0.3 is 5.11 Å². The minimum absolute atomic E-state index is 0.601. The minimum atomic E-state index is -0.601. The second-order valence-corrected chi connectivity index (χ2v) is 4.07. The molecule has 0 amide bonds. The fourth-order valence-corrected chi connectivity index (χ4v) is 2.02. The van der Waals surface area contributed by atoms with Gasteiger partial charge in [0.05, 0.1) is 16.1 Å². The van der Waals surface area contributed by atoms with Gasteiger partial charge in [0.25, 0.3) is 0 Å². The Bertz CT molecular complexity index is 421. The van der Waals surface area contributed by atoms with Crippen LogP contribution in [-0.4, -0.2) is 19.9 Å². The molecule has 2 heterocycles. The molecular weight excluding hydrogens is 198 g/mol. The number of nitrogens with zero attached hydrogens (tertiary/aromatic N) is 3. The number of hydrogen-bond acceptors (Lipinski definition) is 4. The highest BCUT2D eigenvalue weighted by atomic mass is 32.1. The maximum Gasteiger partial charge on any atom is 0.118 e. The van der Waals surface area contributed by atoms with Crippen LogP contribution < -0.4 is 0 Å². The average Bonchev–Trinajstić information content (AvgIpc) is 2.73. The Balaban J connectivity index is 2.36. The molecule has 0 spiro atoms. The highest BCUT2D eigenvalue weighted by Crippen LogP contribution is 2.26. The van der Waals surface area contributed by atoms with Gasteiger partial charge in [-0.05, 0) is 6.92 Å². The summed E-state index contributed by atoms with van der Waals surface area (Å²) in [6.07, 6.45) is 2.91. The number of thiazole rings is 1. The van der Waals surface area contributed by atoms with Crippen molar-refractivity contribution in [2.45, 2.75) is 13.0 Å². The lowest BCUT2D eigenvalue weighted by Crippen LogP contribution is -1.97. The highest BCUT2D eigenvalue weighted by molar-refractivity contribution is 7.09. The van der Waals surface area contributed by atoms with E-state index in [4.69, 9.17) is 0 Å². The van der Waals surface area contributed by atoms with Gasteiger partial charge in [-0.25, -0.2) is 0 Å². The molecule has 2 rings (SSSR count). The lowest BCUT2D eigenvalue weighted by atomic mass is 10.1. The third-order valence-corrected chi connectivity index (χ3v) is 2.89. The molecule has 0 bridgehead atoms. The lowest BCUT2D eigenvalue weighted by Gasteiger charge is -2.05. The van der Waals surface area contributed by atoms with Crippen LogP contribution in [0.2, 0.25) is 0 Å². The normalized spacial score (nSPS) is 13.1. The van der Waals surface area contributed by atoms with Crippen LogP contribution in [0.15, 0.2) is 17.9 Å². The van der Waals surface area contributed by atoms with Crippen molar-refractivity contribution in [2.24, 2.45) is 7.05 Å². The molecule has 0 saturated heterocycles. The smallest absolute Gasteiger partial charge is 0.118 e. The average molecular weight is 209 g/mol. The Labute approximate surface area is 85.8 Å². The summed E-state index contributed by atoms with van der Waals surface area (Å²) in [4.78, 5) is 4.78. The molecule has 1 N–H and O–H groups in total. The molecule has 14 heavy (non-hydrogen) atoms. The molecule has 0 fully saturated rings.